The van der Waals surface area contributed by atoms with Crippen molar-refractivity contribution in [3.05, 3.63) is 47.7 Å². The van der Waals surface area contributed by atoms with E-state index in [4.69, 9.17) is 4.74 Å². The molecule has 1 aromatic heterocycles. The normalized spacial score (nSPS) is 13.3. The lowest BCUT2D eigenvalue weighted by atomic mass is 10.0. The van der Waals surface area contributed by atoms with Crippen molar-refractivity contribution in [1.82, 2.24) is 4.98 Å². The van der Waals surface area contributed by atoms with Crippen LogP contribution in [-0.4, -0.2) is 16.7 Å². The van der Waals surface area contributed by atoms with Crippen molar-refractivity contribution < 1.29 is 14.3 Å². The molecular weight excluding hydrogens is 268 g/mol. The molecule has 106 valence electrons. The number of hydrogen-bond donors (Lipinski definition) is 1. The van der Waals surface area contributed by atoms with Crippen molar-refractivity contribution >= 4 is 17.4 Å². The molecule has 0 atom stereocenters. The number of fused-ring (bicyclic) bond motifs is 1. The molecule has 0 spiro atoms. The second-order valence-electron chi connectivity index (χ2n) is 4.88. The highest BCUT2D eigenvalue weighted by Gasteiger charge is 2.16. The molecule has 0 bridgehead atoms. The lowest BCUT2D eigenvalue weighted by molar-refractivity contribution is -0.116. The maximum atomic E-state index is 11.6. The zero-order chi connectivity index (χ0) is 14.8. The first-order valence-electron chi connectivity index (χ1n) is 6.70. The maximum Gasteiger partial charge on any atom is 0.230 e. The summed E-state index contributed by atoms with van der Waals surface area (Å²) in [5.41, 5.74) is 2.28. The standard InChI is InChI=1S/C16H14N2O3/c1-10(19)13-3-2-8-17-16(13)21-12-5-6-14-11(9-12)4-7-15(20)18-14/h2-3,5-6,8-9H,4,7H2,1H3,(H,18,20). The SMILES string of the molecule is CC(=O)c1cccnc1Oc1ccc2c(c1)CCC(=O)N2. The highest BCUT2D eigenvalue weighted by molar-refractivity contribution is 5.96. The number of pyridine rings is 1. The first kappa shape index (κ1) is 13.3. The summed E-state index contributed by atoms with van der Waals surface area (Å²) in [5, 5.41) is 2.82. The Morgan fingerprint density at radius 1 is 1.29 bits per heavy atom. The van der Waals surface area contributed by atoms with E-state index in [0.29, 0.717) is 30.0 Å². The van der Waals surface area contributed by atoms with Crippen LogP contribution in [0.15, 0.2) is 36.5 Å². The van der Waals surface area contributed by atoms with Gasteiger partial charge in [-0.1, -0.05) is 0 Å². The second kappa shape index (κ2) is 5.36. The number of rotatable bonds is 3. The van der Waals surface area contributed by atoms with E-state index in [9.17, 15) is 9.59 Å². The van der Waals surface area contributed by atoms with E-state index in [1.165, 1.54) is 6.92 Å². The number of ether oxygens (including phenoxy) is 1. The number of amides is 1. The number of nitrogens with one attached hydrogen (secondary N) is 1. The molecule has 0 saturated heterocycles. The van der Waals surface area contributed by atoms with E-state index in [1.54, 1.807) is 30.5 Å². The minimum Gasteiger partial charge on any atom is -0.438 e. The topological polar surface area (TPSA) is 68.3 Å². The van der Waals surface area contributed by atoms with Crippen LogP contribution < -0.4 is 10.1 Å². The van der Waals surface area contributed by atoms with Crippen molar-refractivity contribution in [3.63, 3.8) is 0 Å². The van der Waals surface area contributed by atoms with E-state index in [2.05, 4.69) is 10.3 Å². The molecule has 5 nitrogen and oxygen atoms in total. The molecule has 21 heavy (non-hydrogen) atoms. The Hall–Kier alpha value is -2.69. The molecule has 1 amide bonds. The molecule has 2 aromatic rings. The third-order valence-corrected chi connectivity index (χ3v) is 3.34. The molecule has 5 heteroatoms. The summed E-state index contributed by atoms with van der Waals surface area (Å²) < 4.78 is 5.72. The van der Waals surface area contributed by atoms with Gasteiger partial charge in [-0.25, -0.2) is 4.98 Å². The predicted octanol–water partition coefficient (Wildman–Crippen LogP) is 2.96. The Morgan fingerprint density at radius 2 is 2.14 bits per heavy atom. The summed E-state index contributed by atoms with van der Waals surface area (Å²) in [4.78, 5) is 27.0. The number of carbonyl (C=O) groups is 2. The van der Waals surface area contributed by atoms with Crippen molar-refractivity contribution in [1.29, 1.82) is 0 Å². The summed E-state index contributed by atoms with van der Waals surface area (Å²) in [6.07, 6.45) is 2.74. The van der Waals surface area contributed by atoms with Gasteiger partial charge in [0.2, 0.25) is 11.8 Å². The predicted molar refractivity (Wildman–Crippen MR) is 77.7 cm³/mol. The Balaban J connectivity index is 1.89. The molecule has 1 aliphatic heterocycles. The van der Waals surface area contributed by atoms with Crippen LogP contribution in [0.3, 0.4) is 0 Å². The Kier molecular flexibility index (Phi) is 3.39. The van der Waals surface area contributed by atoms with Crippen molar-refractivity contribution in [2.24, 2.45) is 0 Å². The lowest BCUT2D eigenvalue weighted by Crippen LogP contribution is -2.18. The van der Waals surface area contributed by atoms with Crippen LogP contribution in [0, 0.1) is 0 Å². The number of ketones is 1. The Morgan fingerprint density at radius 3 is 2.95 bits per heavy atom. The summed E-state index contributed by atoms with van der Waals surface area (Å²) >= 11 is 0. The van der Waals surface area contributed by atoms with E-state index in [0.717, 1.165) is 11.3 Å². The summed E-state index contributed by atoms with van der Waals surface area (Å²) in [7, 11) is 0. The Labute approximate surface area is 122 Å². The van der Waals surface area contributed by atoms with Crippen LogP contribution >= 0.6 is 0 Å². The molecule has 0 saturated carbocycles. The highest BCUT2D eigenvalue weighted by Crippen LogP contribution is 2.30. The third-order valence-electron chi connectivity index (χ3n) is 3.34. The molecule has 0 unspecified atom stereocenters. The summed E-state index contributed by atoms with van der Waals surface area (Å²) in [6.45, 7) is 1.48. The monoisotopic (exact) mass is 282 g/mol. The minimum atomic E-state index is -0.0941. The van der Waals surface area contributed by atoms with Crippen molar-refractivity contribution in [2.45, 2.75) is 19.8 Å². The summed E-state index contributed by atoms with van der Waals surface area (Å²) in [6, 6.07) is 8.81. The van der Waals surface area contributed by atoms with Gasteiger partial charge in [0, 0.05) is 18.3 Å². The molecule has 1 aromatic carbocycles. The lowest BCUT2D eigenvalue weighted by Gasteiger charge is -2.17. The van der Waals surface area contributed by atoms with Gasteiger partial charge in [0.25, 0.3) is 0 Å². The number of benzene rings is 1. The highest BCUT2D eigenvalue weighted by atomic mass is 16.5. The van der Waals surface area contributed by atoms with Gasteiger partial charge >= 0.3 is 0 Å². The van der Waals surface area contributed by atoms with Gasteiger partial charge in [0.15, 0.2) is 5.78 Å². The zero-order valence-electron chi connectivity index (χ0n) is 11.6. The van der Waals surface area contributed by atoms with Crippen LogP contribution in [0.5, 0.6) is 11.6 Å². The number of nitrogens with zero attached hydrogens (tertiary/aromatic N) is 1. The number of aryl methyl sites for hydroxylation is 1. The third kappa shape index (κ3) is 2.76. The molecule has 2 heterocycles. The number of anilines is 1. The fraction of sp³-hybridized carbons (Fsp3) is 0.188. The number of Topliss-reactive ketones (excluding diaryl/α,β-unsaturated/α-hetero) is 1. The van der Waals surface area contributed by atoms with E-state index in [-0.39, 0.29) is 11.7 Å². The van der Waals surface area contributed by atoms with Gasteiger partial charge in [-0.2, -0.15) is 0 Å². The average molecular weight is 282 g/mol. The fourth-order valence-corrected chi connectivity index (χ4v) is 2.27. The van der Waals surface area contributed by atoms with E-state index >= 15 is 0 Å². The quantitative estimate of drug-likeness (QED) is 0.879. The van der Waals surface area contributed by atoms with E-state index < -0.39 is 0 Å². The van der Waals surface area contributed by atoms with E-state index in [1.807, 2.05) is 6.07 Å². The molecular formula is C16H14N2O3. The molecule has 0 radical (unpaired) electrons. The molecule has 0 aliphatic carbocycles. The van der Waals surface area contributed by atoms with Crippen LogP contribution in [-0.2, 0) is 11.2 Å². The van der Waals surface area contributed by atoms with Gasteiger partial charge in [0.1, 0.15) is 5.75 Å². The number of aromatic nitrogens is 1. The fourth-order valence-electron chi connectivity index (χ4n) is 2.27. The smallest absolute Gasteiger partial charge is 0.230 e. The zero-order valence-corrected chi connectivity index (χ0v) is 11.6. The first-order chi connectivity index (χ1) is 10.1. The van der Waals surface area contributed by atoms with Crippen LogP contribution in [0.4, 0.5) is 5.69 Å². The average Bonchev–Trinajstić information content (AvgIpc) is 2.48. The van der Waals surface area contributed by atoms with Gasteiger partial charge in [-0.05, 0) is 49.2 Å². The maximum absolute atomic E-state index is 11.6. The second-order valence-corrected chi connectivity index (χ2v) is 4.88. The molecule has 3 rings (SSSR count). The van der Waals surface area contributed by atoms with Crippen LogP contribution in [0.25, 0.3) is 0 Å². The number of hydrogen-bond acceptors (Lipinski definition) is 4. The van der Waals surface area contributed by atoms with Gasteiger partial charge < -0.3 is 10.1 Å². The summed E-state index contributed by atoms with van der Waals surface area (Å²) in [5.74, 6) is 0.832. The molecule has 1 N–H and O–H groups in total. The van der Waals surface area contributed by atoms with Crippen molar-refractivity contribution in [3.8, 4) is 11.6 Å². The molecule has 1 aliphatic rings. The van der Waals surface area contributed by atoms with Crippen molar-refractivity contribution in [2.75, 3.05) is 5.32 Å². The molecule has 0 fully saturated rings. The Bertz CT molecular complexity index is 725. The first-order valence-corrected chi connectivity index (χ1v) is 6.70. The van der Waals surface area contributed by atoms with Crippen LogP contribution in [0.1, 0.15) is 29.3 Å². The van der Waals surface area contributed by atoms with Gasteiger partial charge in [-0.15, -0.1) is 0 Å². The minimum absolute atomic E-state index is 0.0276. The largest absolute Gasteiger partial charge is 0.438 e. The number of carbonyl (C=O) groups excluding carboxylic acids is 2. The van der Waals surface area contributed by atoms with Gasteiger partial charge in [0.05, 0.1) is 5.56 Å². The van der Waals surface area contributed by atoms with Crippen LogP contribution in [0.2, 0.25) is 0 Å². The van der Waals surface area contributed by atoms with Gasteiger partial charge in [-0.3, -0.25) is 9.59 Å².